The van der Waals surface area contributed by atoms with Crippen molar-refractivity contribution in [3.05, 3.63) is 46.5 Å². The van der Waals surface area contributed by atoms with Crippen molar-refractivity contribution in [1.29, 1.82) is 0 Å². The molecule has 0 spiro atoms. The van der Waals surface area contributed by atoms with E-state index < -0.39 is 0 Å². The highest BCUT2D eigenvalue weighted by atomic mass is 32.1. The van der Waals surface area contributed by atoms with E-state index in [9.17, 15) is 4.79 Å². The highest BCUT2D eigenvalue weighted by Crippen LogP contribution is 2.40. The molecule has 2 fully saturated rings. The lowest BCUT2D eigenvalue weighted by atomic mass is 9.82. The molecule has 7 nitrogen and oxygen atoms in total. The first kappa shape index (κ1) is 21.7. The average Bonchev–Trinajstić information content (AvgIpc) is 3.39. The van der Waals surface area contributed by atoms with Crippen LogP contribution in [0.4, 0.5) is 11.4 Å². The number of aromatic nitrogens is 1. The molecule has 0 bridgehead atoms. The van der Waals surface area contributed by atoms with Crippen LogP contribution in [0.2, 0.25) is 0 Å². The van der Waals surface area contributed by atoms with Gasteiger partial charge in [-0.15, -0.1) is 11.3 Å². The lowest BCUT2D eigenvalue weighted by molar-refractivity contribution is 0.0920. The number of anilines is 2. The Labute approximate surface area is 203 Å². The number of carbonyl (C=O) groups excluding carboxylic acids is 1. The lowest BCUT2D eigenvalue weighted by Gasteiger charge is -2.36. The third-order valence-corrected chi connectivity index (χ3v) is 8.81. The fourth-order valence-corrected chi connectivity index (χ4v) is 6.93. The number of benzene rings is 1. The van der Waals surface area contributed by atoms with Gasteiger partial charge in [-0.2, -0.15) is 0 Å². The first-order valence-corrected chi connectivity index (χ1v) is 13.0. The smallest absolute Gasteiger partial charge is 0.263 e. The summed E-state index contributed by atoms with van der Waals surface area (Å²) >= 11 is 1.34. The number of amides is 1. The number of hydrogen-bond acceptors (Lipinski definition) is 7. The molecule has 1 saturated heterocycles. The Bertz CT molecular complexity index is 1260. The Balaban J connectivity index is 1.15. The number of carbonyl (C=O) groups is 1. The summed E-state index contributed by atoms with van der Waals surface area (Å²) in [5.74, 6) is 1.52. The highest BCUT2D eigenvalue weighted by molar-refractivity contribution is 7.21. The van der Waals surface area contributed by atoms with Gasteiger partial charge in [-0.1, -0.05) is 6.07 Å². The van der Waals surface area contributed by atoms with Crippen LogP contribution in [0, 0.1) is 12.8 Å². The molecule has 0 radical (unpaired) electrons. The van der Waals surface area contributed by atoms with Gasteiger partial charge in [0.1, 0.15) is 22.1 Å². The number of nitrogens with two attached hydrogens (primary N) is 2. The summed E-state index contributed by atoms with van der Waals surface area (Å²) in [5, 5.41) is 3.95. The van der Waals surface area contributed by atoms with Gasteiger partial charge < -0.3 is 26.4 Å². The molecular weight excluding hydrogens is 446 g/mol. The number of thiophene rings is 1. The van der Waals surface area contributed by atoms with E-state index in [1.807, 2.05) is 19.1 Å². The largest absolute Gasteiger partial charge is 0.491 e. The molecule has 4 heterocycles. The number of hydrogen-bond donors (Lipinski definition) is 3. The predicted octanol–water partition coefficient (Wildman–Crippen LogP) is 3.63. The maximum Gasteiger partial charge on any atom is 0.263 e. The maximum absolute atomic E-state index is 13.0. The molecule has 2 aliphatic heterocycles. The summed E-state index contributed by atoms with van der Waals surface area (Å²) in [4.78, 5) is 21.4. The third kappa shape index (κ3) is 3.79. The summed E-state index contributed by atoms with van der Waals surface area (Å²) < 4.78 is 6.13. The highest BCUT2D eigenvalue weighted by Gasteiger charge is 2.38. The van der Waals surface area contributed by atoms with Gasteiger partial charge >= 0.3 is 0 Å². The van der Waals surface area contributed by atoms with Crippen LogP contribution >= 0.6 is 11.3 Å². The molecule has 3 aromatic rings. The standard InChI is InChI=1S/C26H31N5O2S/c1-14-2-7-20-23(28)24(34-26(20)29-14)25(32)30-18-10-16-4-6-19(12-22(16)33-13-18)31-9-8-15-3-5-17(27)11-21(15)31/h2,4,6-7,12,15,17-18,21H,3,5,8-11,13,27-28H2,1H3,(H,30,32)/t15-,17+,18+,21-/m0/s1. The molecule has 2 aromatic heterocycles. The fraction of sp³-hybridized carbons (Fsp3) is 0.462. The van der Waals surface area contributed by atoms with E-state index in [4.69, 9.17) is 16.2 Å². The van der Waals surface area contributed by atoms with Gasteiger partial charge in [0.25, 0.3) is 5.91 Å². The van der Waals surface area contributed by atoms with Crippen molar-refractivity contribution >= 4 is 38.8 Å². The molecule has 6 rings (SSSR count). The van der Waals surface area contributed by atoms with Crippen LogP contribution in [0.3, 0.4) is 0 Å². The predicted molar refractivity (Wildman–Crippen MR) is 137 cm³/mol. The van der Waals surface area contributed by atoms with Crippen LogP contribution in [0.15, 0.2) is 30.3 Å². The Morgan fingerprint density at radius 3 is 3.00 bits per heavy atom. The van der Waals surface area contributed by atoms with Crippen LogP contribution in [0.1, 0.15) is 46.6 Å². The van der Waals surface area contributed by atoms with Gasteiger partial charge in [-0.3, -0.25) is 4.79 Å². The summed E-state index contributed by atoms with van der Waals surface area (Å²) in [6.45, 7) is 3.47. The van der Waals surface area contributed by atoms with Crippen molar-refractivity contribution < 1.29 is 9.53 Å². The van der Waals surface area contributed by atoms with E-state index in [0.717, 1.165) is 58.9 Å². The number of nitrogens with one attached hydrogen (secondary N) is 1. The summed E-state index contributed by atoms with van der Waals surface area (Å²) in [7, 11) is 0. The molecule has 4 atom stereocenters. The topological polar surface area (TPSA) is 106 Å². The Morgan fingerprint density at radius 1 is 1.24 bits per heavy atom. The van der Waals surface area contributed by atoms with E-state index in [2.05, 4.69) is 33.4 Å². The maximum atomic E-state index is 13.0. The van der Waals surface area contributed by atoms with E-state index in [1.165, 1.54) is 29.9 Å². The zero-order chi connectivity index (χ0) is 23.4. The normalized spacial score (nSPS) is 26.1. The van der Waals surface area contributed by atoms with E-state index in [1.54, 1.807) is 0 Å². The molecule has 1 amide bonds. The molecule has 1 saturated carbocycles. The Hall–Kier alpha value is -2.84. The second kappa shape index (κ2) is 8.43. The monoisotopic (exact) mass is 477 g/mol. The van der Waals surface area contributed by atoms with Crippen LogP contribution in [0.5, 0.6) is 5.75 Å². The van der Waals surface area contributed by atoms with Gasteiger partial charge in [-0.25, -0.2) is 4.98 Å². The van der Waals surface area contributed by atoms with Crippen molar-refractivity contribution in [3.63, 3.8) is 0 Å². The molecule has 5 N–H and O–H groups in total. The van der Waals surface area contributed by atoms with Crippen molar-refractivity contribution in [3.8, 4) is 5.75 Å². The lowest BCUT2D eigenvalue weighted by Crippen LogP contribution is -2.43. The van der Waals surface area contributed by atoms with Gasteiger partial charge in [0.15, 0.2) is 0 Å². The van der Waals surface area contributed by atoms with Crippen LogP contribution in [-0.2, 0) is 6.42 Å². The molecule has 1 aromatic carbocycles. The van der Waals surface area contributed by atoms with Crippen molar-refractivity contribution in [2.24, 2.45) is 11.7 Å². The number of pyridine rings is 1. The average molecular weight is 478 g/mol. The number of nitrogen functional groups attached to an aromatic ring is 1. The number of aryl methyl sites for hydroxylation is 1. The fourth-order valence-electron chi connectivity index (χ4n) is 5.89. The number of ether oxygens (including phenoxy) is 1. The first-order valence-electron chi connectivity index (χ1n) is 12.2. The van der Waals surface area contributed by atoms with E-state index >= 15 is 0 Å². The Morgan fingerprint density at radius 2 is 2.12 bits per heavy atom. The zero-order valence-corrected chi connectivity index (χ0v) is 20.2. The minimum Gasteiger partial charge on any atom is -0.491 e. The molecule has 178 valence electrons. The Kier molecular flexibility index (Phi) is 5.37. The van der Waals surface area contributed by atoms with Gasteiger partial charge in [0.05, 0.1) is 11.7 Å². The number of nitrogens with zero attached hydrogens (tertiary/aromatic N) is 2. The summed E-state index contributed by atoms with van der Waals surface area (Å²) in [6.07, 6.45) is 5.45. The van der Waals surface area contributed by atoms with Crippen LogP contribution < -0.4 is 26.4 Å². The first-order chi connectivity index (χ1) is 16.5. The molecule has 0 unspecified atom stereocenters. The number of fused-ring (bicyclic) bond motifs is 3. The zero-order valence-electron chi connectivity index (χ0n) is 19.4. The minimum atomic E-state index is -0.163. The van der Waals surface area contributed by atoms with E-state index in [-0.39, 0.29) is 11.9 Å². The second-order valence-electron chi connectivity index (χ2n) is 10.0. The van der Waals surface area contributed by atoms with Crippen molar-refractivity contribution in [1.82, 2.24) is 10.3 Å². The number of rotatable bonds is 3. The van der Waals surface area contributed by atoms with Crippen molar-refractivity contribution in [2.45, 2.75) is 57.2 Å². The molecule has 34 heavy (non-hydrogen) atoms. The van der Waals surface area contributed by atoms with Gasteiger partial charge in [0, 0.05) is 41.5 Å². The van der Waals surface area contributed by atoms with Crippen molar-refractivity contribution in [2.75, 3.05) is 23.8 Å². The van der Waals surface area contributed by atoms with E-state index in [0.29, 0.717) is 29.3 Å². The summed E-state index contributed by atoms with van der Waals surface area (Å²) in [6, 6.07) is 11.1. The molecule has 3 aliphatic rings. The third-order valence-electron chi connectivity index (χ3n) is 7.70. The second-order valence-corrected chi connectivity index (χ2v) is 11.0. The minimum absolute atomic E-state index is 0.0994. The molecule has 8 heteroatoms. The summed E-state index contributed by atoms with van der Waals surface area (Å²) in [5.41, 5.74) is 16.3. The van der Waals surface area contributed by atoms with Crippen LogP contribution in [-0.4, -0.2) is 42.2 Å². The molecular formula is C26H31N5O2S. The SMILES string of the molecule is Cc1ccc2c(N)c(C(=O)N[C@H]3COc4cc(N5CC[C@@H]6CC[C@@H](N)C[C@@H]65)ccc4C3)sc2n1. The van der Waals surface area contributed by atoms with Gasteiger partial charge in [-0.05, 0) is 68.7 Å². The van der Waals surface area contributed by atoms with Crippen LogP contribution in [0.25, 0.3) is 10.2 Å². The van der Waals surface area contributed by atoms with Gasteiger partial charge in [0.2, 0.25) is 0 Å². The quantitative estimate of drug-likeness (QED) is 0.532. The molecule has 1 aliphatic carbocycles.